The molecule has 2 N–H and O–H groups in total. The zero-order chi connectivity index (χ0) is 21.9. The molecule has 2 rings (SSSR count). The number of carbonyl (C=O) groups is 2. The quantitative estimate of drug-likeness (QED) is 0.786. The van der Waals surface area contributed by atoms with Gasteiger partial charge < -0.3 is 24.7 Å². The molecule has 0 aliphatic carbocycles. The second-order valence-corrected chi connectivity index (χ2v) is 8.00. The van der Waals surface area contributed by atoms with Gasteiger partial charge in [-0.1, -0.05) is 6.07 Å². The zero-order valence-corrected chi connectivity index (χ0v) is 17.9. The first kappa shape index (κ1) is 22.2. The van der Waals surface area contributed by atoms with Gasteiger partial charge in [0.15, 0.2) is 0 Å². The number of aryl methyl sites for hydroxylation is 1. The first-order chi connectivity index (χ1) is 13.4. The van der Waals surface area contributed by atoms with E-state index in [1.165, 1.54) is 4.90 Å². The number of fused-ring (bicyclic) bond motifs is 1. The summed E-state index contributed by atoms with van der Waals surface area (Å²) in [7, 11) is 3.28. The molecule has 1 aromatic heterocycles. The molecule has 0 saturated carbocycles. The number of benzene rings is 1. The van der Waals surface area contributed by atoms with Gasteiger partial charge in [0.1, 0.15) is 11.6 Å². The van der Waals surface area contributed by atoms with Crippen LogP contribution in [-0.4, -0.2) is 47.6 Å². The van der Waals surface area contributed by atoms with E-state index < -0.39 is 23.4 Å². The lowest BCUT2D eigenvalue weighted by Gasteiger charge is -2.20. The van der Waals surface area contributed by atoms with Gasteiger partial charge in [-0.2, -0.15) is 4.98 Å². The molecule has 158 valence electrons. The molecule has 2 aromatic rings. The van der Waals surface area contributed by atoms with E-state index in [0.29, 0.717) is 16.5 Å². The molecule has 1 atom stereocenters. The molecular formula is C20H28N4O5. The Morgan fingerprint density at radius 2 is 1.93 bits per heavy atom. The van der Waals surface area contributed by atoms with E-state index in [0.717, 1.165) is 5.56 Å². The third-order valence-corrected chi connectivity index (χ3v) is 4.14. The van der Waals surface area contributed by atoms with Gasteiger partial charge in [0, 0.05) is 20.6 Å². The summed E-state index contributed by atoms with van der Waals surface area (Å²) in [6.07, 6.45) is -0.541. The molecule has 1 heterocycles. The van der Waals surface area contributed by atoms with Gasteiger partial charge in [-0.3, -0.25) is 4.79 Å². The highest BCUT2D eigenvalue weighted by Crippen LogP contribution is 2.20. The Hall–Kier alpha value is -3.10. The van der Waals surface area contributed by atoms with Gasteiger partial charge >= 0.3 is 11.7 Å². The van der Waals surface area contributed by atoms with Gasteiger partial charge in [-0.25, -0.2) is 9.59 Å². The maximum absolute atomic E-state index is 12.5. The fraction of sp³-hybridized carbons (Fsp3) is 0.500. The van der Waals surface area contributed by atoms with Crippen LogP contribution in [-0.2, 0) is 16.1 Å². The van der Waals surface area contributed by atoms with Crippen LogP contribution in [0.3, 0.4) is 0 Å². The summed E-state index contributed by atoms with van der Waals surface area (Å²) in [6, 6.07) is 2.83. The van der Waals surface area contributed by atoms with E-state index in [2.05, 4.69) is 15.6 Å². The Bertz CT molecular complexity index is 975. The fourth-order valence-corrected chi connectivity index (χ4v) is 2.73. The Morgan fingerprint density at radius 3 is 2.52 bits per heavy atom. The minimum Gasteiger partial charge on any atom is -0.444 e. The molecule has 0 spiro atoms. The van der Waals surface area contributed by atoms with E-state index in [-0.39, 0.29) is 18.5 Å². The number of anilines is 1. The molecule has 0 radical (unpaired) electrons. The van der Waals surface area contributed by atoms with E-state index in [1.807, 2.05) is 0 Å². The molecule has 1 aromatic carbocycles. The summed E-state index contributed by atoms with van der Waals surface area (Å²) in [5, 5.41) is 5.81. The van der Waals surface area contributed by atoms with E-state index in [9.17, 15) is 14.4 Å². The van der Waals surface area contributed by atoms with Crippen molar-refractivity contribution in [2.75, 3.05) is 19.4 Å². The summed E-state index contributed by atoms with van der Waals surface area (Å²) in [4.78, 5) is 42.1. The molecule has 0 unspecified atom stereocenters. The lowest BCUT2D eigenvalue weighted by molar-refractivity contribution is -0.129. The van der Waals surface area contributed by atoms with Crippen LogP contribution in [0.25, 0.3) is 10.9 Å². The van der Waals surface area contributed by atoms with Crippen molar-refractivity contribution in [2.45, 2.75) is 52.8 Å². The number of ether oxygens (including phenoxy) is 1. The zero-order valence-electron chi connectivity index (χ0n) is 17.9. The van der Waals surface area contributed by atoms with E-state index >= 15 is 0 Å². The van der Waals surface area contributed by atoms with Gasteiger partial charge in [-0.15, -0.1) is 0 Å². The second kappa shape index (κ2) is 8.50. The lowest BCUT2D eigenvalue weighted by Crippen LogP contribution is -2.37. The minimum absolute atomic E-state index is 0.0239. The maximum Gasteiger partial charge on any atom is 0.407 e. The van der Waals surface area contributed by atoms with E-state index in [4.69, 9.17) is 9.15 Å². The van der Waals surface area contributed by atoms with Crippen LogP contribution in [0.4, 0.5) is 10.8 Å². The number of hydrogen-bond acceptors (Lipinski definition) is 7. The van der Waals surface area contributed by atoms with Crippen LogP contribution in [0.5, 0.6) is 0 Å². The van der Waals surface area contributed by atoms with Crippen LogP contribution in [0, 0.1) is 6.92 Å². The van der Waals surface area contributed by atoms with Crippen molar-refractivity contribution in [3.8, 4) is 0 Å². The van der Waals surface area contributed by atoms with Crippen LogP contribution in [0.1, 0.15) is 38.8 Å². The number of alkyl carbamates (subject to hydrolysis) is 1. The third kappa shape index (κ3) is 5.69. The van der Waals surface area contributed by atoms with Crippen LogP contribution in [0.2, 0.25) is 0 Å². The summed E-state index contributed by atoms with van der Waals surface area (Å²) < 4.78 is 10.5. The van der Waals surface area contributed by atoms with Crippen LogP contribution >= 0.6 is 0 Å². The number of nitrogens with zero attached hydrogens (tertiary/aromatic N) is 2. The first-order valence-electron chi connectivity index (χ1n) is 9.27. The van der Waals surface area contributed by atoms with Crippen molar-refractivity contribution in [2.24, 2.45) is 0 Å². The molecule has 9 nitrogen and oxygen atoms in total. The van der Waals surface area contributed by atoms with Gasteiger partial charge in [0.05, 0.1) is 10.9 Å². The number of amides is 2. The number of nitrogens with one attached hydrogen (secondary N) is 2. The number of hydrogen-bond donors (Lipinski definition) is 2. The lowest BCUT2D eigenvalue weighted by atomic mass is 10.0. The Labute approximate surface area is 169 Å². The van der Waals surface area contributed by atoms with Crippen molar-refractivity contribution in [3.05, 3.63) is 33.7 Å². The highest BCUT2D eigenvalue weighted by atomic mass is 16.6. The molecule has 0 fully saturated rings. The number of likely N-dealkylation sites (N-methyl/N-ethyl adjacent to an activating group) is 1. The largest absolute Gasteiger partial charge is 0.444 e. The molecule has 9 heteroatoms. The van der Waals surface area contributed by atoms with Crippen molar-refractivity contribution in [3.63, 3.8) is 0 Å². The van der Waals surface area contributed by atoms with Gasteiger partial charge in [0.2, 0.25) is 5.91 Å². The first-order valence-corrected chi connectivity index (χ1v) is 9.27. The standard InChI is InChI=1S/C20H28N4O5/c1-11-13(10-21-19(27)29-20(3,4)5)8-9-14-15(11)17(26)28-18(23-14)22-12(2)16(25)24(6)7/h8-9,12H,10H2,1-7H3,(H,21,27)(H,22,23)/t12-/m0/s1. The fourth-order valence-electron chi connectivity index (χ4n) is 2.73. The maximum atomic E-state index is 12.5. The molecule has 0 aliphatic heterocycles. The van der Waals surface area contributed by atoms with Gasteiger partial charge in [-0.05, 0) is 51.8 Å². The minimum atomic E-state index is -0.600. The molecule has 0 aliphatic rings. The predicted octanol–water partition coefficient (Wildman–Crippen LogP) is 2.41. The third-order valence-electron chi connectivity index (χ3n) is 4.14. The van der Waals surface area contributed by atoms with Crippen LogP contribution in [0.15, 0.2) is 21.3 Å². The number of rotatable bonds is 5. The Kier molecular flexibility index (Phi) is 6.51. The highest BCUT2D eigenvalue weighted by Gasteiger charge is 2.19. The summed E-state index contributed by atoms with van der Waals surface area (Å²) in [6.45, 7) is 8.96. The Morgan fingerprint density at radius 1 is 1.28 bits per heavy atom. The highest BCUT2D eigenvalue weighted by molar-refractivity contribution is 5.85. The summed E-state index contributed by atoms with van der Waals surface area (Å²) in [5.41, 5.74) is 0.672. The number of aromatic nitrogens is 1. The topological polar surface area (TPSA) is 114 Å². The van der Waals surface area contributed by atoms with Crippen molar-refractivity contribution in [1.29, 1.82) is 0 Å². The summed E-state index contributed by atoms with van der Waals surface area (Å²) in [5.74, 6) is -0.172. The molecule has 0 saturated heterocycles. The average molecular weight is 404 g/mol. The summed E-state index contributed by atoms with van der Waals surface area (Å²) >= 11 is 0. The Balaban J connectivity index is 2.24. The predicted molar refractivity (Wildman–Crippen MR) is 110 cm³/mol. The molecule has 0 bridgehead atoms. The molecule has 2 amide bonds. The smallest absolute Gasteiger partial charge is 0.407 e. The second-order valence-electron chi connectivity index (χ2n) is 8.00. The molecule has 29 heavy (non-hydrogen) atoms. The monoisotopic (exact) mass is 404 g/mol. The number of carbonyl (C=O) groups excluding carboxylic acids is 2. The van der Waals surface area contributed by atoms with Crippen molar-refractivity contribution in [1.82, 2.24) is 15.2 Å². The van der Waals surface area contributed by atoms with Crippen molar-refractivity contribution < 1.29 is 18.7 Å². The average Bonchev–Trinajstić information content (AvgIpc) is 2.58. The van der Waals surface area contributed by atoms with Crippen molar-refractivity contribution >= 4 is 28.9 Å². The normalized spacial score (nSPS) is 12.4. The molecular weight excluding hydrogens is 376 g/mol. The SMILES string of the molecule is Cc1c(CNC(=O)OC(C)(C)C)ccc2nc(N[C@@H](C)C(=O)N(C)C)oc(=O)c12. The van der Waals surface area contributed by atoms with Gasteiger partial charge in [0.25, 0.3) is 6.01 Å². The van der Waals surface area contributed by atoms with E-state index in [1.54, 1.807) is 60.8 Å². The van der Waals surface area contributed by atoms with Crippen LogP contribution < -0.4 is 16.3 Å².